The number of carbonyl (C=O) groups excluding carboxylic acids is 1. The molecule has 33 heavy (non-hydrogen) atoms. The lowest BCUT2D eigenvalue weighted by Crippen LogP contribution is -2.30. The van der Waals surface area contributed by atoms with Crippen molar-refractivity contribution in [2.75, 3.05) is 32.5 Å². The second-order valence-electron chi connectivity index (χ2n) is 8.79. The fraction of sp³-hybridized carbons (Fsp3) is 0.400. The Morgan fingerprint density at radius 2 is 1.73 bits per heavy atom. The lowest BCUT2D eigenvalue weighted by atomic mass is 9.72. The van der Waals surface area contributed by atoms with Crippen LogP contribution in [0.5, 0.6) is 11.5 Å². The Kier molecular flexibility index (Phi) is 6.01. The zero-order valence-electron chi connectivity index (χ0n) is 19.6. The highest BCUT2D eigenvalue weighted by atomic mass is 32.2. The first kappa shape index (κ1) is 23.3. The minimum Gasteiger partial charge on any atom is -0.492 e. The molecular weight excluding hydrogens is 442 g/mol. The Hall–Kier alpha value is -2.84. The van der Waals surface area contributed by atoms with E-state index in [9.17, 15) is 13.2 Å². The van der Waals surface area contributed by atoms with E-state index < -0.39 is 15.5 Å². The summed E-state index contributed by atoms with van der Waals surface area (Å²) in [5.41, 5.74) is 1.78. The van der Waals surface area contributed by atoms with Gasteiger partial charge in [0.15, 0.2) is 5.78 Å². The zero-order chi connectivity index (χ0) is 24.0. The fourth-order valence-corrected chi connectivity index (χ4v) is 4.84. The van der Waals surface area contributed by atoms with E-state index in [1.54, 1.807) is 6.07 Å². The molecule has 8 heteroatoms. The minimum absolute atomic E-state index is 0.121. The van der Waals surface area contributed by atoms with Crippen LogP contribution >= 0.6 is 0 Å². The minimum atomic E-state index is -3.67. The fourth-order valence-electron chi connectivity index (χ4n) is 4.39. The third kappa shape index (κ3) is 4.37. The molecule has 176 valence electrons. The van der Waals surface area contributed by atoms with Crippen molar-refractivity contribution in [3.8, 4) is 11.5 Å². The SMILES string of the molecule is CCN(CC)CCOc1ccc2c(c1)C(C)(C)c1oc3cc(OS(C)(=O)=O)ccc3c1C2=O. The van der Waals surface area contributed by atoms with Gasteiger partial charge in [0, 0.05) is 29.0 Å². The molecule has 0 fully saturated rings. The van der Waals surface area contributed by atoms with E-state index in [1.807, 2.05) is 32.0 Å². The number of fused-ring (bicyclic) bond motifs is 4. The second-order valence-corrected chi connectivity index (χ2v) is 10.4. The number of likely N-dealkylation sites (N-methyl/N-ethyl adjacent to an activating group) is 1. The largest absolute Gasteiger partial charge is 0.492 e. The summed E-state index contributed by atoms with van der Waals surface area (Å²) in [6, 6.07) is 10.3. The molecule has 0 amide bonds. The molecule has 0 bridgehead atoms. The Bertz CT molecular complexity index is 1320. The van der Waals surface area contributed by atoms with Gasteiger partial charge in [-0.2, -0.15) is 8.42 Å². The van der Waals surface area contributed by atoms with Crippen molar-refractivity contribution in [1.29, 1.82) is 0 Å². The summed E-state index contributed by atoms with van der Waals surface area (Å²) in [6.07, 6.45) is 0.981. The first-order chi connectivity index (χ1) is 15.5. The quantitative estimate of drug-likeness (QED) is 0.451. The van der Waals surface area contributed by atoms with Crippen LogP contribution in [0.1, 0.15) is 54.9 Å². The molecule has 0 spiro atoms. The van der Waals surface area contributed by atoms with E-state index in [4.69, 9.17) is 13.3 Å². The Balaban J connectivity index is 1.70. The highest BCUT2D eigenvalue weighted by molar-refractivity contribution is 7.86. The van der Waals surface area contributed by atoms with Crippen LogP contribution < -0.4 is 8.92 Å². The van der Waals surface area contributed by atoms with Crippen molar-refractivity contribution in [2.45, 2.75) is 33.1 Å². The molecule has 1 aromatic heterocycles. The molecule has 0 atom stereocenters. The van der Waals surface area contributed by atoms with Gasteiger partial charge >= 0.3 is 10.1 Å². The molecule has 0 aliphatic heterocycles. The molecule has 0 saturated heterocycles. The van der Waals surface area contributed by atoms with E-state index >= 15 is 0 Å². The summed E-state index contributed by atoms with van der Waals surface area (Å²) in [5, 5.41) is 0.633. The van der Waals surface area contributed by atoms with Gasteiger partial charge in [-0.3, -0.25) is 4.79 Å². The maximum absolute atomic E-state index is 13.4. The lowest BCUT2D eigenvalue weighted by molar-refractivity contribution is 0.102. The monoisotopic (exact) mass is 471 g/mol. The van der Waals surface area contributed by atoms with Gasteiger partial charge in [0.1, 0.15) is 29.4 Å². The first-order valence-corrected chi connectivity index (χ1v) is 12.9. The van der Waals surface area contributed by atoms with Crippen molar-refractivity contribution >= 4 is 26.9 Å². The summed E-state index contributed by atoms with van der Waals surface area (Å²) >= 11 is 0. The van der Waals surface area contributed by atoms with Crippen LogP contribution in [0.4, 0.5) is 0 Å². The number of hydrogen-bond donors (Lipinski definition) is 0. The maximum atomic E-state index is 13.4. The maximum Gasteiger partial charge on any atom is 0.306 e. The number of rotatable bonds is 8. The average Bonchev–Trinajstić information content (AvgIpc) is 3.14. The number of benzene rings is 2. The Morgan fingerprint density at radius 1 is 1.03 bits per heavy atom. The Labute approximate surface area is 194 Å². The third-order valence-corrected chi connectivity index (χ3v) is 6.68. The number of ketones is 1. The number of furan rings is 1. The highest BCUT2D eigenvalue weighted by Crippen LogP contribution is 2.46. The van der Waals surface area contributed by atoms with Gasteiger partial charge in [-0.05, 0) is 62.8 Å². The molecule has 0 radical (unpaired) electrons. The zero-order valence-corrected chi connectivity index (χ0v) is 20.4. The molecule has 0 unspecified atom stereocenters. The standard InChI is InChI=1S/C25H29NO6S/c1-6-26(7-2)12-13-30-16-8-10-18-20(14-16)25(3,4)24-22(23(18)27)19-11-9-17(15-21(19)31-24)32-33(5,28)29/h8-11,14-15H,6-7,12-13H2,1-5H3. The van der Waals surface area contributed by atoms with Crippen LogP contribution in [0.25, 0.3) is 11.0 Å². The van der Waals surface area contributed by atoms with E-state index in [2.05, 4.69) is 18.7 Å². The number of nitrogens with zero attached hydrogens (tertiary/aromatic N) is 1. The van der Waals surface area contributed by atoms with E-state index in [-0.39, 0.29) is 11.5 Å². The van der Waals surface area contributed by atoms with Crippen molar-refractivity contribution in [3.05, 3.63) is 58.8 Å². The van der Waals surface area contributed by atoms with Gasteiger partial charge in [0.2, 0.25) is 0 Å². The third-order valence-electron chi connectivity index (χ3n) is 6.18. The van der Waals surface area contributed by atoms with Gasteiger partial charge in [-0.1, -0.05) is 13.8 Å². The molecule has 1 aliphatic carbocycles. The summed E-state index contributed by atoms with van der Waals surface area (Å²) in [6.45, 7) is 11.6. The number of hydrogen-bond acceptors (Lipinski definition) is 7. The van der Waals surface area contributed by atoms with Gasteiger partial charge < -0.3 is 18.2 Å². The van der Waals surface area contributed by atoms with Crippen LogP contribution in [0, 0.1) is 0 Å². The van der Waals surface area contributed by atoms with E-state index in [0.29, 0.717) is 40.2 Å². The predicted octanol–water partition coefficient (Wildman–Crippen LogP) is 4.36. The summed E-state index contributed by atoms with van der Waals surface area (Å²) in [7, 11) is -3.67. The van der Waals surface area contributed by atoms with Crippen molar-refractivity contribution < 1.29 is 26.5 Å². The van der Waals surface area contributed by atoms with Crippen LogP contribution in [0.15, 0.2) is 40.8 Å². The normalized spacial score (nSPS) is 14.9. The first-order valence-electron chi connectivity index (χ1n) is 11.1. The molecular formula is C25H29NO6S. The Morgan fingerprint density at radius 3 is 2.39 bits per heavy atom. The average molecular weight is 472 g/mol. The molecule has 2 aromatic carbocycles. The van der Waals surface area contributed by atoms with Gasteiger partial charge in [-0.25, -0.2) is 0 Å². The van der Waals surface area contributed by atoms with Gasteiger partial charge in [0.05, 0.1) is 11.8 Å². The smallest absolute Gasteiger partial charge is 0.306 e. The molecule has 1 aliphatic rings. The van der Waals surface area contributed by atoms with Crippen molar-refractivity contribution in [1.82, 2.24) is 4.90 Å². The van der Waals surface area contributed by atoms with Gasteiger partial charge in [0.25, 0.3) is 0 Å². The highest BCUT2D eigenvalue weighted by Gasteiger charge is 2.41. The van der Waals surface area contributed by atoms with Crippen LogP contribution in [-0.2, 0) is 15.5 Å². The molecule has 1 heterocycles. The van der Waals surface area contributed by atoms with Gasteiger partial charge in [-0.15, -0.1) is 0 Å². The topological polar surface area (TPSA) is 86.1 Å². The number of carbonyl (C=O) groups is 1. The van der Waals surface area contributed by atoms with Crippen LogP contribution in [0.3, 0.4) is 0 Å². The molecule has 3 aromatic rings. The summed E-state index contributed by atoms with van der Waals surface area (Å²) < 4.78 is 40.1. The lowest BCUT2D eigenvalue weighted by Gasteiger charge is -2.31. The second kappa shape index (κ2) is 8.50. The number of ether oxygens (including phenoxy) is 1. The van der Waals surface area contributed by atoms with Crippen molar-refractivity contribution in [3.63, 3.8) is 0 Å². The van der Waals surface area contributed by atoms with Crippen molar-refractivity contribution in [2.24, 2.45) is 0 Å². The summed E-state index contributed by atoms with van der Waals surface area (Å²) in [5.74, 6) is 1.28. The molecule has 4 rings (SSSR count). The van der Waals surface area contributed by atoms with Crippen LogP contribution in [0.2, 0.25) is 0 Å². The predicted molar refractivity (Wildman–Crippen MR) is 127 cm³/mol. The molecule has 7 nitrogen and oxygen atoms in total. The summed E-state index contributed by atoms with van der Waals surface area (Å²) in [4.78, 5) is 15.7. The van der Waals surface area contributed by atoms with Crippen LogP contribution in [-0.4, -0.2) is 51.6 Å². The molecule has 0 N–H and O–H groups in total. The van der Waals surface area contributed by atoms with E-state index in [0.717, 1.165) is 31.5 Å². The molecule has 0 saturated carbocycles. The van der Waals surface area contributed by atoms with E-state index in [1.165, 1.54) is 12.1 Å².